The Labute approximate surface area is 136 Å². The van der Waals surface area contributed by atoms with Crippen LogP contribution in [0.4, 0.5) is 5.82 Å². The van der Waals surface area contributed by atoms with Gasteiger partial charge in [-0.05, 0) is 51.2 Å². The van der Waals surface area contributed by atoms with Crippen LogP contribution in [-0.4, -0.2) is 33.2 Å². The van der Waals surface area contributed by atoms with Crippen LogP contribution in [0.5, 0.6) is 0 Å². The fourth-order valence-electron chi connectivity index (χ4n) is 2.61. The first-order valence-electron chi connectivity index (χ1n) is 7.78. The molecule has 2 heterocycles. The van der Waals surface area contributed by atoms with Crippen molar-refractivity contribution in [1.82, 2.24) is 14.5 Å². The number of rotatable bonds is 8. The maximum Gasteiger partial charge on any atom is 0.151 e. The molecule has 0 aliphatic heterocycles. The number of aromatic nitrogens is 3. The Bertz CT molecular complexity index is 639. The van der Waals surface area contributed by atoms with Gasteiger partial charge in [0, 0.05) is 18.8 Å². The number of aryl methyl sites for hydroxylation is 3. The summed E-state index contributed by atoms with van der Waals surface area (Å²) in [5.41, 5.74) is 10.1. The van der Waals surface area contributed by atoms with Gasteiger partial charge in [-0.1, -0.05) is 0 Å². The molecule has 2 aromatic rings. The molecule has 5 nitrogen and oxygen atoms in total. The second-order valence-electron chi connectivity index (χ2n) is 5.42. The van der Waals surface area contributed by atoms with E-state index in [1.165, 1.54) is 12.2 Å². The number of fused-ring (bicyclic) bond motifs is 1. The van der Waals surface area contributed by atoms with Gasteiger partial charge in [-0.3, -0.25) is 0 Å². The Morgan fingerprint density at radius 3 is 2.68 bits per heavy atom. The second-order valence-corrected chi connectivity index (χ2v) is 6.41. The first-order valence-corrected chi connectivity index (χ1v) is 9.18. The topological polar surface area (TPSA) is 66.0 Å². The van der Waals surface area contributed by atoms with Crippen LogP contribution < -0.4 is 5.73 Å². The summed E-state index contributed by atoms with van der Waals surface area (Å²) in [6.45, 7) is 8.24. The van der Waals surface area contributed by atoms with Crippen LogP contribution in [-0.2, 0) is 17.9 Å². The summed E-state index contributed by atoms with van der Waals surface area (Å²) in [6.07, 6.45) is 4.48. The van der Waals surface area contributed by atoms with Gasteiger partial charge < -0.3 is 15.0 Å². The van der Waals surface area contributed by atoms with E-state index in [-0.39, 0.29) is 0 Å². The molecule has 0 unspecified atom stereocenters. The summed E-state index contributed by atoms with van der Waals surface area (Å²) in [6, 6.07) is 0. The molecular formula is C16H26N4OS. The SMILES string of the molecule is CCOCc1nc2c(N)nc(C)c(C)c2n1CCCCSC. The minimum absolute atomic E-state index is 0.513. The standard InChI is InChI=1S/C16H26N4OS/c1-5-21-10-13-19-14-15(11(2)12(3)18-16(14)17)20(13)8-6-7-9-22-4/h5-10H2,1-4H3,(H2,17,18). The molecule has 0 bridgehead atoms. The molecule has 0 fully saturated rings. The highest BCUT2D eigenvalue weighted by Gasteiger charge is 2.17. The van der Waals surface area contributed by atoms with Gasteiger partial charge in [0.1, 0.15) is 17.9 Å². The largest absolute Gasteiger partial charge is 0.382 e. The zero-order chi connectivity index (χ0) is 16.1. The number of unbranched alkanes of at least 4 members (excludes halogenated alkanes) is 1. The molecule has 0 saturated heterocycles. The molecule has 0 aromatic carbocycles. The van der Waals surface area contributed by atoms with Gasteiger partial charge >= 0.3 is 0 Å². The average Bonchev–Trinajstić information content (AvgIpc) is 2.86. The monoisotopic (exact) mass is 322 g/mol. The zero-order valence-electron chi connectivity index (χ0n) is 14.0. The fraction of sp³-hybridized carbons (Fsp3) is 0.625. The van der Waals surface area contributed by atoms with Crippen LogP contribution in [0.15, 0.2) is 0 Å². The van der Waals surface area contributed by atoms with Crippen molar-refractivity contribution in [2.24, 2.45) is 0 Å². The summed E-state index contributed by atoms with van der Waals surface area (Å²) in [7, 11) is 0. The zero-order valence-corrected chi connectivity index (χ0v) is 14.8. The van der Waals surface area contributed by atoms with E-state index in [4.69, 9.17) is 15.5 Å². The molecule has 2 aromatic heterocycles. The Kier molecular flexibility index (Phi) is 6.08. The van der Waals surface area contributed by atoms with E-state index in [9.17, 15) is 0 Å². The highest BCUT2D eigenvalue weighted by atomic mass is 32.2. The molecule has 2 N–H and O–H groups in total. The van der Waals surface area contributed by atoms with Crippen molar-refractivity contribution in [3.8, 4) is 0 Å². The summed E-state index contributed by atoms with van der Waals surface area (Å²) in [4.78, 5) is 9.10. The summed E-state index contributed by atoms with van der Waals surface area (Å²) in [5.74, 6) is 2.65. The van der Waals surface area contributed by atoms with Crippen molar-refractivity contribution in [1.29, 1.82) is 0 Å². The van der Waals surface area contributed by atoms with Gasteiger partial charge in [-0.25, -0.2) is 9.97 Å². The lowest BCUT2D eigenvalue weighted by Gasteiger charge is -2.11. The molecule has 22 heavy (non-hydrogen) atoms. The van der Waals surface area contributed by atoms with Gasteiger partial charge in [0.2, 0.25) is 0 Å². The van der Waals surface area contributed by atoms with Crippen molar-refractivity contribution in [2.45, 2.75) is 46.8 Å². The summed E-state index contributed by atoms with van der Waals surface area (Å²) >= 11 is 1.89. The number of thioether (sulfide) groups is 1. The molecular weight excluding hydrogens is 296 g/mol. The van der Waals surface area contributed by atoms with E-state index in [1.807, 2.05) is 25.6 Å². The van der Waals surface area contributed by atoms with Crippen LogP contribution in [0, 0.1) is 13.8 Å². The predicted molar refractivity (Wildman–Crippen MR) is 94.4 cm³/mol. The molecule has 122 valence electrons. The molecule has 0 aliphatic carbocycles. The number of ether oxygens (including phenoxy) is 1. The lowest BCUT2D eigenvalue weighted by atomic mass is 10.2. The highest BCUT2D eigenvalue weighted by Crippen LogP contribution is 2.26. The van der Waals surface area contributed by atoms with Crippen LogP contribution in [0.1, 0.15) is 36.8 Å². The maximum absolute atomic E-state index is 6.08. The van der Waals surface area contributed by atoms with E-state index in [2.05, 4.69) is 22.7 Å². The number of hydrogen-bond acceptors (Lipinski definition) is 5. The van der Waals surface area contributed by atoms with Crippen LogP contribution in [0.2, 0.25) is 0 Å². The van der Waals surface area contributed by atoms with Crippen molar-refractivity contribution < 1.29 is 4.74 Å². The Hall–Kier alpha value is -1.27. The van der Waals surface area contributed by atoms with Crippen molar-refractivity contribution in [3.05, 3.63) is 17.1 Å². The van der Waals surface area contributed by atoms with Crippen molar-refractivity contribution in [2.75, 3.05) is 24.3 Å². The van der Waals surface area contributed by atoms with E-state index < -0.39 is 0 Å². The third-order valence-electron chi connectivity index (χ3n) is 3.89. The number of pyridine rings is 1. The van der Waals surface area contributed by atoms with Gasteiger partial charge in [-0.2, -0.15) is 11.8 Å². The predicted octanol–water partition coefficient (Wildman–Crippen LogP) is 3.31. The van der Waals surface area contributed by atoms with E-state index in [0.717, 1.165) is 41.1 Å². The number of hydrogen-bond donors (Lipinski definition) is 1. The molecule has 0 aliphatic rings. The maximum atomic E-state index is 6.08. The lowest BCUT2D eigenvalue weighted by molar-refractivity contribution is 0.126. The minimum Gasteiger partial charge on any atom is -0.382 e. The normalized spacial score (nSPS) is 11.5. The second kappa shape index (κ2) is 7.83. The molecule has 0 atom stereocenters. The van der Waals surface area contributed by atoms with Crippen LogP contribution in [0.3, 0.4) is 0 Å². The number of anilines is 1. The third-order valence-corrected chi connectivity index (χ3v) is 4.59. The third kappa shape index (κ3) is 3.55. The summed E-state index contributed by atoms with van der Waals surface area (Å²) < 4.78 is 7.85. The molecule has 0 spiro atoms. The quantitative estimate of drug-likeness (QED) is 0.755. The lowest BCUT2D eigenvalue weighted by Crippen LogP contribution is -2.07. The average molecular weight is 322 g/mol. The van der Waals surface area contributed by atoms with Crippen molar-refractivity contribution in [3.63, 3.8) is 0 Å². The van der Waals surface area contributed by atoms with E-state index >= 15 is 0 Å². The summed E-state index contributed by atoms with van der Waals surface area (Å²) in [5, 5.41) is 0. The molecule has 0 radical (unpaired) electrons. The molecule has 0 amide bonds. The highest BCUT2D eigenvalue weighted by molar-refractivity contribution is 7.98. The Balaban J connectivity index is 2.42. The van der Waals surface area contributed by atoms with Gasteiger partial charge in [-0.15, -0.1) is 0 Å². The van der Waals surface area contributed by atoms with Crippen LogP contribution >= 0.6 is 11.8 Å². The number of nitrogen functional groups attached to an aromatic ring is 1. The van der Waals surface area contributed by atoms with E-state index in [1.54, 1.807) is 0 Å². The van der Waals surface area contributed by atoms with Gasteiger partial charge in [0.05, 0.1) is 5.52 Å². The number of nitrogens with zero attached hydrogens (tertiary/aromatic N) is 3. The first-order chi connectivity index (χ1) is 10.6. The van der Waals surface area contributed by atoms with Gasteiger partial charge in [0.25, 0.3) is 0 Å². The molecule has 6 heteroatoms. The van der Waals surface area contributed by atoms with Crippen molar-refractivity contribution >= 4 is 28.6 Å². The number of nitrogens with two attached hydrogens (primary N) is 1. The van der Waals surface area contributed by atoms with E-state index in [0.29, 0.717) is 19.0 Å². The van der Waals surface area contributed by atoms with Gasteiger partial charge in [0.15, 0.2) is 5.82 Å². The van der Waals surface area contributed by atoms with Crippen LogP contribution in [0.25, 0.3) is 11.0 Å². The minimum atomic E-state index is 0.513. The number of imidazole rings is 1. The Morgan fingerprint density at radius 2 is 2.00 bits per heavy atom. The first kappa shape index (κ1) is 17.1. The Morgan fingerprint density at radius 1 is 1.23 bits per heavy atom. The fourth-order valence-corrected chi connectivity index (χ4v) is 3.10. The smallest absolute Gasteiger partial charge is 0.151 e. The molecule has 2 rings (SSSR count). The molecule has 0 saturated carbocycles.